The molecule has 0 N–H and O–H groups in total. The third-order valence-corrected chi connectivity index (χ3v) is 2.36. The molecule has 1 heterocycles. The van der Waals surface area contributed by atoms with E-state index in [1.54, 1.807) is 30.6 Å². The van der Waals surface area contributed by atoms with Gasteiger partial charge < -0.3 is 0 Å². The zero-order valence-electron chi connectivity index (χ0n) is 7.61. The first-order chi connectivity index (χ1) is 7.22. The predicted octanol–water partition coefficient (Wildman–Crippen LogP) is 3.28. The minimum absolute atomic E-state index is 0.0807. The van der Waals surface area contributed by atoms with E-state index in [9.17, 15) is 4.39 Å². The molecule has 0 bridgehead atoms. The van der Waals surface area contributed by atoms with E-state index in [-0.39, 0.29) is 5.02 Å². The Morgan fingerprint density at radius 2 is 2.13 bits per heavy atom. The van der Waals surface area contributed by atoms with Gasteiger partial charge in [-0.15, -0.1) is 0 Å². The Kier molecular flexibility index (Phi) is 2.44. The van der Waals surface area contributed by atoms with Gasteiger partial charge >= 0.3 is 0 Å². The van der Waals surface area contributed by atoms with Gasteiger partial charge in [0.05, 0.1) is 5.02 Å². The molecular formula is C11H6ClFN2. The molecule has 74 valence electrons. The molecule has 0 spiro atoms. The fraction of sp³-hybridized carbons (Fsp3) is 0. The Hall–Kier alpha value is -1.79. The highest BCUT2D eigenvalue weighted by Crippen LogP contribution is 2.27. The zero-order chi connectivity index (χ0) is 10.8. The minimum atomic E-state index is -0.463. The molecule has 0 amide bonds. The lowest BCUT2D eigenvalue weighted by Crippen LogP contribution is -1.84. The summed E-state index contributed by atoms with van der Waals surface area (Å²) in [6.45, 7) is 0. The number of hydrogen-bond acceptors (Lipinski definition) is 1. The molecule has 2 nitrogen and oxygen atoms in total. The van der Waals surface area contributed by atoms with Crippen molar-refractivity contribution >= 4 is 11.6 Å². The van der Waals surface area contributed by atoms with Crippen LogP contribution in [0.25, 0.3) is 11.1 Å². The van der Waals surface area contributed by atoms with Crippen LogP contribution in [0.5, 0.6) is 0 Å². The summed E-state index contributed by atoms with van der Waals surface area (Å²) in [6, 6.07) is 6.45. The molecule has 0 unspecified atom stereocenters. The lowest BCUT2D eigenvalue weighted by molar-refractivity contribution is 0.632. The van der Waals surface area contributed by atoms with Gasteiger partial charge in [-0.1, -0.05) is 23.7 Å². The summed E-state index contributed by atoms with van der Waals surface area (Å²) in [4.78, 5) is 0. The van der Waals surface area contributed by atoms with Crippen LogP contribution >= 0.6 is 11.6 Å². The molecule has 0 saturated heterocycles. The highest BCUT2D eigenvalue weighted by Gasteiger charge is 2.09. The van der Waals surface area contributed by atoms with Crippen LogP contribution in [-0.2, 0) is 0 Å². The van der Waals surface area contributed by atoms with Crippen molar-refractivity contribution in [3.8, 4) is 17.3 Å². The molecular weight excluding hydrogens is 215 g/mol. The van der Waals surface area contributed by atoms with E-state index >= 15 is 0 Å². The molecule has 0 aliphatic carbocycles. The van der Waals surface area contributed by atoms with Gasteiger partial charge in [0.2, 0.25) is 0 Å². The minimum Gasteiger partial charge on any atom is -0.262 e. The Labute approximate surface area is 91.1 Å². The largest absolute Gasteiger partial charge is 0.262 e. The van der Waals surface area contributed by atoms with Crippen LogP contribution in [0.2, 0.25) is 5.02 Å². The summed E-state index contributed by atoms with van der Waals surface area (Å²) in [5, 5.41) is 8.70. The van der Waals surface area contributed by atoms with Gasteiger partial charge in [0.25, 0.3) is 0 Å². The number of aromatic nitrogens is 1. The third kappa shape index (κ3) is 1.72. The summed E-state index contributed by atoms with van der Waals surface area (Å²) in [5.74, 6) is -0.463. The maximum atomic E-state index is 13.6. The number of nitrogens with zero attached hydrogens (tertiary/aromatic N) is 2. The Morgan fingerprint density at radius 3 is 2.80 bits per heavy atom. The molecule has 0 radical (unpaired) electrons. The second kappa shape index (κ2) is 3.76. The van der Waals surface area contributed by atoms with Crippen molar-refractivity contribution in [1.82, 2.24) is 4.57 Å². The summed E-state index contributed by atoms with van der Waals surface area (Å²) in [5.41, 5.74) is 1.04. The van der Waals surface area contributed by atoms with E-state index in [4.69, 9.17) is 16.9 Å². The van der Waals surface area contributed by atoms with Crippen molar-refractivity contribution in [2.75, 3.05) is 0 Å². The SMILES string of the molecule is N#Cn1ccc(-c2cccc(Cl)c2F)c1. The number of nitriles is 1. The van der Waals surface area contributed by atoms with E-state index < -0.39 is 5.82 Å². The van der Waals surface area contributed by atoms with Crippen molar-refractivity contribution < 1.29 is 4.39 Å². The fourth-order valence-electron chi connectivity index (χ4n) is 1.34. The van der Waals surface area contributed by atoms with Crippen LogP contribution in [0.4, 0.5) is 4.39 Å². The molecule has 2 aromatic rings. The van der Waals surface area contributed by atoms with E-state index in [1.165, 1.54) is 10.6 Å². The topological polar surface area (TPSA) is 28.7 Å². The zero-order valence-corrected chi connectivity index (χ0v) is 8.37. The second-order valence-corrected chi connectivity index (χ2v) is 3.42. The average molecular weight is 221 g/mol. The van der Waals surface area contributed by atoms with Crippen molar-refractivity contribution in [2.45, 2.75) is 0 Å². The van der Waals surface area contributed by atoms with Crippen LogP contribution in [-0.4, -0.2) is 4.57 Å². The molecule has 15 heavy (non-hydrogen) atoms. The number of hydrogen-bond donors (Lipinski definition) is 0. The highest BCUT2D eigenvalue weighted by molar-refractivity contribution is 6.31. The lowest BCUT2D eigenvalue weighted by atomic mass is 10.1. The monoisotopic (exact) mass is 220 g/mol. The maximum absolute atomic E-state index is 13.6. The average Bonchev–Trinajstić information content (AvgIpc) is 2.70. The van der Waals surface area contributed by atoms with Crippen LogP contribution < -0.4 is 0 Å². The standard InChI is InChI=1S/C11H6ClFN2/c12-10-3-1-2-9(11(10)13)8-4-5-15(6-8)7-14/h1-6H. The van der Waals surface area contributed by atoms with E-state index in [2.05, 4.69) is 0 Å². The molecule has 0 aliphatic rings. The summed E-state index contributed by atoms with van der Waals surface area (Å²) >= 11 is 5.66. The molecule has 0 aliphatic heterocycles. The van der Waals surface area contributed by atoms with Crippen LogP contribution in [0, 0.1) is 17.3 Å². The van der Waals surface area contributed by atoms with Gasteiger partial charge in [-0.05, 0) is 12.1 Å². The Balaban J connectivity index is 2.55. The smallest absolute Gasteiger partial charge is 0.188 e. The number of rotatable bonds is 1. The molecule has 0 fully saturated rings. The van der Waals surface area contributed by atoms with Gasteiger partial charge in [0.1, 0.15) is 5.82 Å². The van der Waals surface area contributed by atoms with E-state index in [0.717, 1.165) is 0 Å². The summed E-state index contributed by atoms with van der Waals surface area (Å²) in [6.07, 6.45) is 5.03. The van der Waals surface area contributed by atoms with Gasteiger partial charge in [-0.25, -0.2) is 4.39 Å². The van der Waals surface area contributed by atoms with Gasteiger partial charge in [-0.3, -0.25) is 4.57 Å². The molecule has 2 rings (SSSR count). The van der Waals surface area contributed by atoms with Gasteiger partial charge in [0, 0.05) is 23.5 Å². The maximum Gasteiger partial charge on any atom is 0.188 e. The molecule has 1 aromatic heterocycles. The highest BCUT2D eigenvalue weighted by atomic mass is 35.5. The second-order valence-electron chi connectivity index (χ2n) is 3.01. The van der Waals surface area contributed by atoms with Crippen molar-refractivity contribution in [3.05, 3.63) is 47.5 Å². The first-order valence-corrected chi connectivity index (χ1v) is 4.62. The van der Waals surface area contributed by atoms with Crippen LogP contribution in [0.15, 0.2) is 36.7 Å². The predicted molar refractivity (Wildman–Crippen MR) is 55.8 cm³/mol. The Bertz CT molecular complexity index is 540. The van der Waals surface area contributed by atoms with Gasteiger partial charge in [0.15, 0.2) is 6.19 Å². The van der Waals surface area contributed by atoms with E-state index in [0.29, 0.717) is 11.1 Å². The van der Waals surface area contributed by atoms with Crippen LogP contribution in [0.3, 0.4) is 0 Å². The Morgan fingerprint density at radius 1 is 1.33 bits per heavy atom. The first-order valence-electron chi connectivity index (χ1n) is 4.25. The normalized spacial score (nSPS) is 9.93. The van der Waals surface area contributed by atoms with Crippen molar-refractivity contribution in [1.29, 1.82) is 5.26 Å². The van der Waals surface area contributed by atoms with Crippen LogP contribution in [0.1, 0.15) is 0 Å². The summed E-state index contributed by atoms with van der Waals surface area (Å²) in [7, 11) is 0. The summed E-state index contributed by atoms with van der Waals surface area (Å²) < 4.78 is 14.9. The quantitative estimate of drug-likeness (QED) is 0.725. The lowest BCUT2D eigenvalue weighted by Gasteiger charge is -2.00. The molecule has 4 heteroatoms. The first kappa shape index (κ1) is 9.75. The van der Waals surface area contributed by atoms with Gasteiger partial charge in [-0.2, -0.15) is 5.26 Å². The fourth-order valence-corrected chi connectivity index (χ4v) is 1.52. The molecule has 1 aromatic carbocycles. The van der Waals surface area contributed by atoms with E-state index in [1.807, 2.05) is 6.19 Å². The third-order valence-electron chi connectivity index (χ3n) is 2.07. The molecule has 0 atom stereocenters. The number of benzene rings is 1. The molecule has 0 saturated carbocycles. The number of halogens is 2. The van der Waals surface area contributed by atoms with Crippen molar-refractivity contribution in [2.24, 2.45) is 0 Å². The van der Waals surface area contributed by atoms with Crippen molar-refractivity contribution in [3.63, 3.8) is 0 Å².